The third-order valence-corrected chi connectivity index (χ3v) is 3.18. The fraction of sp³-hybridized carbons (Fsp3) is 0.333. The molecule has 2 rings (SSSR count). The number of nitrogens with one attached hydrogen (secondary N) is 1. The van der Waals surface area contributed by atoms with E-state index in [9.17, 15) is 9.59 Å². The fourth-order valence-electron chi connectivity index (χ4n) is 2.16. The summed E-state index contributed by atoms with van der Waals surface area (Å²) in [5, 5.41) is 3.79. The number of amides is 1. The van der Waals surface area contributed by atoms with Crippen molar-refractivity contribution in [3.63, 3.8) is 0 Å². The zero-order valence-corrected chi connectivity index (χ0v) is 11.7. The van der Waals surface area contributed by atoms with Crippen molar-refractivity contribution in [1.29, 1.82) is 0 Å². The first-order valence-corrected chi connectivity index (χ1v) is 6.60. The highest BCUT2D eigenvalue weighted by Gasteiger charge is 2.15. The Hall–Kier alpha value is -2.30. The molecule has 0 fully saturated rings. The molecule has 0 radical (unpaired) electrons. The molecule has 1 heterocycles. The summed E-state index contributed by atoms with van der Waals surface area (Å²) >= 11 is 0. The lowest BCUT2D eigenvalue weighted by atomic mass is 10.2. The van der Waals surface area contributed by atoms with Gasteiger partial charge in [-0.3, -0.25) is 4.79 Å². The van der Waals surface area contributed by atoms with Crippen molar-refractivity contribution in [2.45, 2.75) is 19.9 Å². The Bertz CT molecular complexity index is 631. The van der Waals surface area contributed by atoms with Crippen LogP contribution >= 0.6 is 0 Å². The molecule has 1 aromatic carbocycles. The maximum absolute atomic E-state index is 11.8. The number of rotatable bonds is 5. The number of carbonyl (C=O) groups is 2. The molecule has 1 amide bonds. The molecule has 0 aliphatic heterocycles. The molecule has 5 nitrogen and oxygen atoms in total. The lowest BCUT2D eigenvalue weighted by Crippen LogP contribution is -2.27. The van der Waals surface area contributed by atoms with Crippen LogP contribution in [0, 0.1) is 0 Å². The van der Waals surface area contributed by atoms with Gasteiger partial charge in [0.1, 0.15) is 5.69 Å². The fourth-order valence-corrected chi connectivity index (χ4v) is 2.16. The van der Waals surface area contributed by atoms with Crippen molar-refractivity contribution in [1.82, 2.24) is 9.88 Å². The van der Waals surface area contributed by atoms with Crippen molar-refractivity contribution in [3.8, 4) is 0 Å². The van der Waals surface area contributed by atoms with Crippen LogP contribution in [0.3, 0.4) is 0 Å². The minimum absolute atomic E-state index is 0.001000. The van der Waals surface area contributed by atoms with Gasteiger partial charge in [0.15, 0.2) is 0 Å². The molecule has 0 spiro atoms. The van der Waals surface area contributed by atoms with Crippen molar-refractivity contribution in [2.75, 3.05) is 13.7 Å². The molecule has 0 aliphatic carbocycles. The molecular weight excluding hydrogens is 256 g/mol. The predicted molar refractivity (Wildman–Crippen MR) is 76.6 cm³/mol. The third kappa shape index (κ3) is 2.82. The summed E-state index contributed by atoms with van der Waals surface area (Å²) in [5.74, 6) is -0.371. The van der Waals surface area contributed by atoms with E-state index in [-0.39, 0.29) is 11.9 Å². The number of carbonyl (C=O) groups excluding carboxylic acids is 2. The Morgan fingerprint density at radius 3 is 2.75 bits per heavy atom. The van der Waals surface area contributed by atoms with E-state index in [2.05, 4.69) is 5.32 Å². The van der Waals surface area contributed by atoms with Gasteiger partial charge in [0.05, 0.1) is 7.11 Å². The van der Waals surface area contributed by atoms with Crippen molar-refractivity contribution in [3.05, 3.63) is 36.0 Å². The Kier molecular flexibility index (Phi) is 4.40. The second-order valence-electron chi connectivity index (χ2n) is 4.44. The molecule has 0 saturated carbocycles. The van der Waals surface area contributed by atoms with Gasteiger partial charge in [-0.1, -0.05) is 25.1 Å². The SMILES string of the molecule is CCC(=O)NCCn1c(C(=O)OC)cc2ccccc21. The summed E-state index contributed by atoms with van der Waals surface area (Å²) in [6.07, 6.45) is 0.455. The normalized spacial score (nSPS) is 10.5. The van der Waals surface area contributed by atoms with Crippen LogP contribution in [0.4, 0.5) is 0 Å². The van der Waals surface area contributed by atoms with Gasteiger partial charge >= 0.3 is 5.97 Å². The van der Waals surface area contributed by atoms with E-state index in [1.54, 1.807) is 6.92 Å². The summed E-state index contributed by atoms with van der Waals surface area (Å²) in [6, 6.07) is 9.55. The highest BCUT2D eigenvalue weighted by Crippen LogP contribution is 2.20. The number of aromatic nitrogens is 1. The molecule has 0 unspecified atom stereocenters. The zero-order chi connectivity index (χ0) is 14.5. The first-order chi connectivity index (χ1) is 9.67. The third-order valence-electron chi connectivity index (χ3n) is 3.18. The average molecular weight is 274 g/mol. The summed E-state index contributed by atoms with van der Waals surface area (Å²) in [5.41, 5.74) is 1.46. The number of fused-ring (bicyclic) bond motifs is 1. The van der Waals surface area contributed by atoms with Gasteiger partial charge < -0.3 is 14.6 Å². The summed E-state index contributed by atoms with van der Waals surface area (Å²) in [4.78, 5) is 23.1. The molecular formula is C15H18N2O3. The van der Waals surface area contributed by atoms with E-state index in [0.29, 0.717) is 25.2 Å². The molecule has 1 aromatic heterocycles. The Balaban J connectivity index is 2.28. The Labute approximate surface area is 117 Å². The highest BCUT2D eigenvalue weighted by atomic mass is 16.5. The molecule has 0 atom stereocenters. The first kappa shape index (κ1) is 14.1. The van der Waals surface area contributed by atoms with Crippen LogP contribution < -0.4 is 5.32 Å². The standard InChI is InChI=1S/C15H18N2O3/c1-3-14(18)16-8-9-17-12-7-5-4-6-11(12)10-13(17)15(19)20-2/h4-7,10H,3,8-9H2,1-2H3,(H,16,18). The van der Waals surface area contributed by atoms with Crippen LogP contribution in [0.2, 0.25) is 0 Å². The first-order valence-electron chi connectivity index (χ1n) is 6.60. The number of hydrogen-bond acceptors (Lipinski definition) is 3. The van der Waals surface area contributed by atoms with Gasteiger partial charge in [0.2, 0.25) is 5.91 Å². The van der Waals surface area contributed by atoms with Gasteiger partial charge in [-0.05, 0) is 12.1 Å². The maximum atomic E-state index is 11.8. The second-order valence-corrected chi connectivity index (χ2v) is 4.44. The zero-order valence-electron chi connectivity index (χ0n) is 11.7. The monoisotopic (exact) mass is 274 g/mol. The van der Waals surface area contributed by atoms with Crippen LogP contribution in [0.1, 0.15) is 23.8 Å². The van der Waals surface area contributed by atoms with Crippen LogP contribution in [-0.2, 0) is 16.1 Å². The summed E-state index contributed by atoms with van der Waals surface area (Å²) in [6.45, 7) is 2.82. The summed E-state index contributed by atoms with van der Waals surface area (Å²) < 4.78 is 6.68. The highest BCUT2D eigenvalue weighted by molar-refractivity contribution is 5.95. The molecule has 1 N–H and O–H groups in total. The number of esters is 1. The van der Waals surface area contributed by atoms with E-state index in [1.165, 1.54) is 7.11 Å². The Morgan fingerprint density at radius 1 is 1.30 bits per heavy atom. The van der Waals surface area contributed by atoms with Crippen molar-refractivity contribution in [2.24, 2.45) is 0 Å². The maximum Gasteiger partial charge on any atom is 0.354 e. The molecule has 20 heavy (non-hydrogen) atoms. The molecule has 2 aromatic rings. The minimum atomic E-state index is -0.372. The number of para-hydroxylation sites is 1. The number of nitrogens with zero attached hydrogens (tertiary/aromatic N) is 1. The van der Waals surface area contributed by atoms with E-state index in [0.717, 1.165) is 10.9 Å². The summed E-state index contributed by atoms with van der Waals surface area (Å²) in [7, 11) is 1.36. The lowest BCUT2D eigenvalue weighted by Gasteiger charge is -2.10. The van der Waals surface area contributed by atoms with Crippen LogP contribution in [0.25, 0.3) is 10.9 Å². The lowest BCUT2D eigenvalue weighted by molar-refractivity contribution is -0.120. The second kappa shape index (κ2) is 6.23. The minimum Gasteiger partial charge on any atom is -0.464 e. The molecule has 0 saturated heterocycles. The van der Waals surface area contributed by atoms with Crippen LogP contribution in [0.15, 0.2) is 30.3 Å². The smallest absolute Gasteiger partial charge is 0.354 e. The number of methoxy groups -OCH3 is 1. The number of benzene rings is 1. The quantitative estimate of drug-likeness (QED) is 0.848. The molecule has 5 heteroatoms. The average Bonchev–Trinajstić information content (AvgIpc) is 2.85. The largest absolute Gasteiger partial charge is 0.464 e. The van der Waals surface area contributed by atoms with Gasteiger partial charge in [0.25, 0.3) is 0 Å². The van der Waals surface area contributed by atoms with Crippen LogP contribution in [-0.4, -0.2) is 30.1 Å². The van der Waals surface area contributed by atoms with E-state index >= 15 is 0 Å². The van der Waals surface area contributed by atoms with Gasteiger partial charge in [-0.15, -0.1) is 0 Å². The molecule has 0 aliphatic rings. The van der Waals surface area contributed by atoms with Gasteiger partial charge in [0, 0.05) is 30.4 Å². The van der Waals surface area contributed by atoms with E-state index in [4.69, 9.17) is 4.74 Å². The van der Waals surface area contributed by atoms with Crippen LogP contribution in [0.5, 0.6) is 0 Å². The van der Waals surface area contributed by atoms with Crippen molar-refractivity contribution >= 4 is 22.8 Å². The van der Waals surface area contributed by atoms with Gasteiger partial charge in [-0.25, -0.2) is 4.79 Å². The number of ether oxygens (including phenoxy) is 1. The molecule has 106 valence electrons. The topological polar surface area (TPSA) is 60.3 Å². The van der Waals surface area contributed by atoms with Crippen molar-refractivity contribution < 1.29 is 14.3 Å². The molecule has 0 bridgehead atoms. The van der Waals surface area contributed by atoms with E-state index < -0.39 is 0 Å². The van der Waals surface area contributed by atoms with E-state index in [1.807, 2.05) is 34.9 Å². The Morgan fingerprint density at radius 2 is 2.05 bits per heavy atom. The van der Waals surface area contributed by atoms with Gasteiger partial charge in [-0.2, -0.15) is 0 Å². The number of hydrogen-bond donors (Lipinski definition) is 1. The predicted octanol–water partition coefficient (Wildman–Crippen LogP) is 1.95.